The maximum atomic E-state index is 16.1. The molecular formula is C25H34F2N7O7P. The molecule has 1 aliphatic heterocycles. The Hall–Kier alpha value is -3.43. The zero-order chi connectivity index (χ0) is 30.9. The summed E-state index contributed by atoms with van der Waals surface area (Å²) in [6.07, 6.45) is -3.09. The van der Waals surface area contributed by atoms with Crippen LogP contribution in [0, 0.1) is 0 Å². The van der Waals surface area contributed by atoms with Crippen molar-refractivity contribution in [3.63, 3.8) is 0 Å². The monoisotopic (exact) mass is 613 g/mol. The Bertz CT molecular complexity index is 1460. The molecule has 0 aliphatic carbocycles. The van der Waals surface area contributed by atoms with Gasteiger partial charge in [-0.15, -0.1) is 0 Å². The number of hydrogen-bond acceptors (Lipinski definition) is 12. The summed E-state index contributed by atoms with van der Waals surface area (Å²) in [5.41, 5.74) is 3.67. The van der Waals surface area contributed by atoms with E-state index in [0.717, 1.165) is 6.92 Å². The summed E-state index contributed by atoms with van der Waals surface area (Å²) in [6.45, 7) is 4.02. The molecule has 2 aromatic heterocycles. The number of carbonyl (C=O) groups is 1. The van der Waals surface area contributed by atoms with E-state index in [0.29, 0.717) is 11.3 Å². The zero-order valence-corrected chi connectivity index (χ0v) is 24.5. The molecular weight excluding hydrogens is 579 g/mol. The maximum Gasteiger partial charge on any atom is 0.459 e. The van der Waals surface area contributed by atoms with Crippen LogP contribution in [0.5, 0.6) is 5.75 Å². The highest BCUT2D eigenvalue weighted by Gasteiger charge is 2.64. The highest BCUT2D eigenvalue weighted by atomic mass is 31.2. The quantitative estimate of drug-likeness (QED) is 0.173. The number of hydrogen-bond donors (Lipinski definition) is 4. The van der Waals surface area contributed by atoms with Gasteiger partial charge in [-0.3, -0.25) is 9.32 Å². The summed E-state index contributed by atoms with van der Waals surface area (Å²) < 4.78 is 68.4. The van der Waals surface area contributed by atoms with Crippen molar-refractivity contribution in [1.29, 1.82) is 0 Å². The third-order valence-electron chi connectivity index (χ3n) is 6.45. The molecule has 6 atom stereocenters. The van der Waals surface area contributed by atoms with Gasteiger partial charge < -0.3 is 34.7 Å². The average molecular weight is 614 g/mol. The lowest BCUT2D eigenvalue weighted by Gasteiger charge is -2.28. The summed E-state index contributed by atoms with van der Waals surface area (Å²) in [5.74, 6) is -3.62. The Labute approximate surface area is 240 Å². The molecule has 14 nitrogen and oxygen atoms in total. The summed E-state index contributed by atoms with van der Waals surface area (Å²) in [4.78, 5) is 24.7. The summed E-state index contributed by atoms with van der Waals surface area (Å²) >= 11 is 0. The van der Waals surface area contributed by atoms with Gasteiger partial charge in [0, 0.05) is 7.05 Å². The van der Waals surface area contributed by atoms with Gasteiger partial charge in [-0.2, -0.15) is 15.1 Å². The van der Waals surface area contributed by atoms with Gasteiger partial charge >= 0.3 is 13.7 Å². The smallest absolute Gasteiger partial charge is 0.459 e. The molecule has 0 saturated carbocycles. The first-order valence-electron chi connectivity index (χ1n) is 13.0. The van der Waals surface area contributed by atoms with Crippen LogP contribution in [0.2, 0.25) is 0 Å². The zero-order valence-electron chi connectivity index (χ0n) is 23.7. The Morgan fingerprint density at radius 1 is 1.26 bits per heavy atom. The molecule has 0 spiro atoms. The lowest BCUT2D eigenvalue weighted by molar-refractivity contribution is -0.193. The molecule has 4 rings (SSSR count). The van der Waals surface area contributed by atoms with E-state index in [2.05, 4.69) is 25.4 Å². The number of para-hydroxylation sites is 1. The van der Waals surface area contributed by atoms with E-state index in [1.807, 2.05) is 0 Å². The Balaban J connectivity index is 1.55. The van der Waals surface area contributed by atoms with Gasteiger partial charge in [-0.05, 0) is 39.8 Å². The number of rotatable bonds is 12. The minimum Gasteiger partial charge on any atom is -0.462 e. The van der Waals surface area contributed by atoms with Gasteiger partial charge in [-0.1, -0.05) is 18.2 Å². The number of esters is 1. The molecule has 0 bridgehead atoms. The van der Waals surface area contributed by atoms with Crippen LogP contribution < -0.4 is 20.7 Å². The number of nitrogens with one attached hydrogen (secondary N) is 2. The topological polar surface area (TPSA) is 185 Å². The second-order valence-electron chi connectivity index (χ2n) is 10.2. The van der Waals surface area contributed by atoms with Gasteiger partial charge in [0.1, 0.15) is 24.5 Å². The summed E-state index contributed by atoms with van der Waals surface area (Å²) in [7, 11) is -2.93. The van der Waals surface area contributed by atoms with E-state index in [-0.39, 0.29) is 23.9 Å². The third-order valence-corrected chi connectivity index (χ3v) is 8.07. The number of ether oxygens (including phenoxy) is 2. The number of imidazole rings is 1. The van der Waals surface area contributed by atoms with Crippen LogP contribution in [0.15, 0.2) is 36.7 Å². The SMILES string of the molecule is CNc1nc(N)nc2c1ncn2C[C@@H]1O[C@](F)(COP(=O)(N[C@@H](C)C(=O)OC(C)C)Oc2ccccc2)[C@@H](O)[C@@]1(C)F. The molecule has 1 aliphatic rings. The van der Waals surface area contributed by atoms with Crippen molar-refractivity contribution in [3.05, 3.63) is 36.7 Å². The highest BCUT2D eigenvalue weighted by Crippen LogP contribution is 2.49. The van der Waals surface area contributed by atoms with E-state index < -0.39 is 56.2 Å². The molecule has 0 radical (unpaired) electrons. The van der Waals surface area contributed by atoms with Crippen LogP contribution in [0.1, 0.15) is 27.7 Å². The van der Waals surface area contributed by atoms with Crippen molar-refractivity contribution in [3.8, 4) is 5.75 Å². The largest absolute Gasteiger partial charge is 0.462 e. The van der Waals surface area contributed by atoms with Crippen LogP contribution >= 0.6 is 7.75 Å². The van der Waals surface area contributed by atoms with Gasteiger partial charge in [0.25, 0.3) is 5.85 Å². The second-order valence-corrected chi connectivity index (χ2v) is 11.9. The molecule has 5 N–H and O–H groups in total. The number of nitrogens with two attached hydrogens (primary N) is 1. The number of nitrogens with zero attached hydrogens (tertiary/aromatic N) is 4. The molecule has 230 valence electrons. The summed E-state index contributed by atoms with van der Waals surface area (Å²) in [6, 6.07) is 6.57. The lowest BCUT2D eigenvalue weighted by atomic mass is 9.94. The van der Waals surface area contributed by atoms with E-state index in [1.165, 1.54) is 30.0 Å². The van der Waals surface area contributed by atoms with Crippen LogP contribution in [0.4, 0.5) is 20.5 Å². The van der Waals surface area contributed by atoms with Gasteiger partial charge in [-0.25, -0.2) is 18.3 Å². The molecule has 1 fully saturated rings. The molecule has 0 amide bonds. The van der Waals surface area contributed by atoms with Crippen molar-refractivity contribution < 1.29 is 41.8 Å². The minimum atomic E-state index is -4.54. The van der Waals surface area contributed by atoms with Crippen LogP contribution in [-0.4, -0.2) is 80.1 Å². The van der Waals surface area contributed by atoms with Crippen molar-refractivity contribution in [2.45, 2.75) is 70.1 Å². The Kier molecular flexibility index (Phi) is 9.04. The molecule has 1 aromatic carbocycles. The van der Waals surface area contributed by atoms with Crippen molar-refractivity contribution in [2.24, 2.45) is 0 Å². The molecule has 17 heteroatoms. The number of benzene rings is 1. The summed E-state index contributed by atoms with van der Waals surface area (Å²) in [5, 5.41) is 15.9. The molecule has 3 heterocycles. The van der Waals surface area contributed by atoms with Gasteiger partial charge in [0.2, 0.25) is 5.95 Å². The van der Waals surface area contributed by atoms with Crippen LogP contribution in [0.25, 0.3) is 11.2 Å². The number of anilines is 2. The molecule has 1 saturated heterocycles. The predicted octanol–water partition coefficient (Wildman–Crippen LogP) is 2.74. The third kappa shape index (κ3) is 6.63. The Morgan fingerprint density at radius 2 is 1.95 bits per heavy atom. The lowest BCUT2D eigenvalue weighted by Crippen LogP contribution is -2.48. The predicted molar refractivity (Wildman–Crippen MR) is 148 cm³/mol. The van der Waals surface area contributed by atoms with E-state index in [4.69, 9.17) is 24.3 Å². The number of aliphatic hydroxyl groups is 1. The number of alkyl halides is 2. The molecule has 3 aromatic rings. The number of nitrogen functional groups attached to an aromatic ring is 1. The Morgan fingerprint density at radius 3 is 2.60 bits per heavy atom. The standard InChI is InChI=1S/C25H34F2N7O7P/c1-14(2)39-21(35)15(3)33-42(37,41-16-9-7-6-8-10-16)38-12-25(27)22(36)24(4,26)17(40-25)11-34-13-30-18-19(29-5)31-23(28)32-20(18)34/h6-10,13-15,17,22,36H,11-12H2,1-5H3,(H,33,37)(H3,28,29,31,32)/t15-,17-,22-,24-,25+,42?/m0/s1. The van der Waals surface area contributed by atoms with Gasteiger partial charge in [0.15, 0.2) is 28.8 Å². The van der Waals surface area contributed by atoms with Crippen molar-refractivity contribution in [1.82, 2.24) is 24.6 Å². The first-order valence-corrected chi connectivity index (χ1v) is 14.6. The maximum absolute atomic E-state index is 16.1. The number of aromatic nitrogens is 4. The molecule has 42 heavy (non-hydrogen) atoms. The molecule has 1 unspecified atom stereocenters. The fourth-order valence-corrected chi connectivity index (χ4v) is 5.80. The van der Waals surface area contributed by atoms with Crippen molar-refractivity contribution >= 4 is 36.6 Å². The number of halogens is 2. The fourth-order valence-electron chi connectivity index (χ4n) is 4.30. The average Bonchev–Trinajstić information content (AvgIpc) is 3.39. The highest BCUT2D eigenvalue weighted by molar-refractivity contribution is 7.52. The van der Waals surface area contributed by atoms with E-state index >= 15 is 8.78 Å². The normalized spacial score (nSPS) is 26.2. The first-order chi connectivity index (χ1) is 19.7. The van der Waals surface area contributed by atoms with Crippen molar-refractivity contribution in [2.75, 3.05) is 24.7 Å². The van der Waals surface area contributed by atoms with Crippen LogP contribution in [0.3, 0.4) is 0 Å². The number of carbonyl (C=O) groups excluding carboxylic acids is 1. The number of fused-ring (bicyclic) bond motifs is 1. The van der Waals surface area contributed by atoms with Gasteiger partial charge in [0.05, 0.1) is 19.0 Å². The van der Waals surface area contributed by atoms with E-state index in [9.17, 15) is 14.5 Å². The number of aliphatic hydroxyl groups excluding tert-OH is 1. The first kappa shape index (κ1) is 31.5. The second kappa shape index (κ2) is 12.1. The van der Waals surface area contributed by atoms with E-state index in [1.54, 1.807) is 39.1 Å². The fraction of sp³-hybridized carbons (Fsp3) is 0.520. The minimum absolute atomic E-state index is 0.0703. The van der Waals surface area contributed by atoms with Crippen LogP contribution in [-0.2, 0) is 29.9 Å².